The second-order valence-electron chi connectivity index (χ2n) is 2.08. The van der Waals surface area contributed by atoms with Crippen LogP contribution < -0.4 is 5.19 Å². The second kappa shape index (κ2) is 3.37. The zero-order valence-electron chi connectivity index (χ0n) is 6.09. The van der Waals surface area contributed by atoms with Gasteiger partial charge in [0.15, 0.2) is 0 Å². The van der Waals surface area contributed by atoms with Gasteiger partial charge in [0, 0.05) is 0 Å². The molecule has 0 saturated carbocycles. The lowest BCUT2D eigenvalue weighted by atomic mass is 10.2. The van der Waals surface area contributed by atoms with Crippen LogP contribution in [0.2, 0.25) is 6.55 Å². The Hall–Kier alpha value is -0.823. The molecule has 0 fully saturated rings. The van der Waals surface area contributed by atoms with Gasteiger partial charge in [0.2, 0.25) is 0 Å². The van der Waals surface area contributed by atoms with Gasteiger partial charge in [-0.25, -0.2) is 0 Å². The third kappa shape index (κ3) is 1.58. The number of benzene rings is 1. The molecule has 0 atom stereocenters. The topological polar surface area (TPSA) is 0 Å². The van der Waals surface area contributed by atoms with Gasteiger partial charge in [0.25, 0.3) is 0 Å². The Morgan fingerprint density at radius 1 is 1.30 bits per heavy atom. The van der Waals surface area contributed by atoms with Crippen LogP contribution in [0.3, 0.4) is 0 Å². The highest BCUT2D eigenvalue weighted by Gasteiger charge is 1.87. The van der Waals surface area contributed by atoms with Crippen molar-refractivity contribution < 1.29 is 0 Å². The highest BCUT2D eigenvalue weighted by atomic mass is 28.2. The largest absolute Gasteiger partial charge is 0.0985 e. The number of hydrogen-bond donors (Lipinski definition) is 0. The summed E-state index contributed by atoms with van der Waals surface area (Å²) in [7, 11) is 0.894. The normalized spacial score (nSPS) is 9.30. The molecule has 0 spiro atoms. The monoisotopic (exact) mass is 146 g/mol. The van der Waals surface area contributed by atoms with Crippen molar-refractivity contribution in [2.24, 2.45) is 0 Å². The van der Waals surface area contributed by atoms with Gasteiger partial charge in [0.1, 0.15) is 0 Å². The standard InChI is InChI=1S/C9H10Si/c1-3-8-4-6-9(10-2)7-5-8/h3-7H,1H2,2H3. The Balaban J connectivity index is 2.90. The first-order chi connectivity index (χ1) is 4.86. The SMILES string of the molecule is C=Cc1ccc([Si]C)cc1. The lowest BCUT2D eigenvalue weighted by Crippen LogP contribution is -2.08. The molecule has 0 aliphatic rings. The molecule has 1 heteroatoms. The summed E-state index contributed by atoms with van der Waals surface area (Å²) in [6.45, 7) is 5.87. The molecule has 0 amide bonds. The van der Waals surface area contributed by atoms with E-state index < -0.39 is 0 Å². The Morgan fingerprint density at radius 2 is 1.90 bits per heavy atom. The summed E-state index contributed by atoms with van der Waals surface area (Å²) in [4.78, 5) is 0. The van der Waals surface area contributed by atoms with Gasteiger partial charge in [-0.3, -0.25) is 0 Å². The van der Waals surface area contributed by atoms with Crippen LogP contribution in [0, 0.1) is 0 Å². The molecule has 0 aliphatic carbocycles. The third-order valence-electron chi connectivity index (χ3n) is 1.44. The van der Waals surface area contributed by atoms with Gasteiger partial charge in [-0.05, 0) is 5.56 Å². The van der Waals surface area contributed by atoms with E-state index in [2.05, 4.69) is 37.4 Å². The van der Waals surface area contributed by atoms with Crippen molar-refractivity contribution in [3.05, 3.63) is 36.4 Å². The summed E-state index contributed by atoms with van der Waals surface area (Å²) in [6, 6.07) is 8.49. The van der Waals surface area contributed by atoms with Crippen molar-refractivity contribution in [3.63, 3.8) is 0 Å². The fraction of sp³-hybridized carbons (Fsp3) is 0.111. The van der Waals surface area contributed by atoms with E-state index in [-0.39, 0.29) is 0 Å². The van der Waals surface area contributed by atoms with Crippen LogP contribution in [0.4, 0.5) is 0 Å². The summed E-state index contributed by atoms with van der Waals surface area (Å²) in [5, 5.41) is 1.41. The summed E-state index contributed by atoms with van der Waals surface area (Å²) in [6.07, 6.45) is 1.86. The fourth-order valence-electron chi connectivity index (χ4n) is 0.786. The maximum Gasteiger partial charge on any atom is 0.0773 e. The fourth-order valence-corrected chi connectivity index (χ4v) is 1.29. The Morgan fingerprint density at radius 3 is 2.30 bits per heavy atom. The quantitative estimate of drug-likeness (QED) is 0.557. The van der Waals surface area contributed by atoms with E-state index in [4.69, 9.17) is 0 Å². The molecule has 0 saturated heterocycles. The van der Waals surface area contributed by atoms with E-state index in [1.165, 1.54) is 10.8 Å². The first-order valence-electron chi connectivity index (χ1n) is 3.27. The average molecular weight is 146 g/mol. The van der Waals surface area contributed by atoms with Gasteiger partial charge in [-0.1, -0.05) is 48.7 Å². The summed E-state index contributed by atoms with van der Waals surface area (Å²) in [5.41, 5.74) is 1.20. The van der Waals surface area contributed by atoms with Gasteiger partial charge in [-0.15, -0.1) is 0 Å². The molecule has 0 bridgehead atoms. The zero-order valence-corrected chi connectivity index (χ0v) is 7.09. The minimum Gasteiger partial charge on any atom is -0.0985 e. The van der Waals surface area contributed by atoms with Crippen LogP contribution in [-0.2, 0) is 0 Å². The van der Waals surface area contributed by atoms with Crippen LogP contribution >= 0.6 is 0 Å². The Bertz CT molecular complexity index is 211. The molecule has 1 aromatic carbocycles. The highest BCUT2D eigenvalue weighted by Crippen LogP contribution is 1.96. The van der Waals surface area contributed by atoms with E-state index in [1.54, 1.807) is 0 Å². The summed E-state index contributed by atoms with van der Waals surface area (Å²) >= 11 is 0. The molecule has 0 unspecified atom stereocenters. The van der Waals surface area contributed by atoms with E-state index >= 15 is 0 Å². The van der Waals surface area contributed by atoms with Gasteiger partial charge >= 0.3 is 0 Å². The lowest BCUT2D eigenvalue weighted by Gasteiger charge is -1.94. The minimum absolute atomic E-state index is 0.894. The zero-order chi connectivity index (χ0) is 7.40. The molecule has 0 N–H and O–H groups in total. The van der Waals surface area contributed by atoms with Gasteiger partial charge in [0.05, 0.1) is 9.52 Å². The molecular weight excluding hydrogens is 136 g/mol. The molecule has 1 rings (SSSR count). The van der Waals surface area contributed by atoms with Crippen molar-refractivity contribution in [2.45, 2.75) is 6.55 Å². The van der Waals surface area contributed by atoms with E-state index in [0.717, 1.165) is 9.52 Å². The molecule has 1 aromatic rings. The number of hydrogen-bond acceptors (Lipinski definition) is 0. The van der Waals surface area contributed by atoms with Crippen LogP contribution in [0.25, 0.3) is 6.08 Å². The molecule has 2 radical (unpaired) electrons. The maximum atomic E-state index is 3.69. The first-order valence-corrected chi connectivity index (χ1v) is 4.77. The van der Waals surface area contributed by atoms with Crippen molar-refractivity contribution in [3.8, 4) is 0 Å². The predicted molar refractivity (Wildman–Crippen MR) is 47.8 cm³/mol. The average Bonchev–Trinajstić information content (AvgIpc) is 2.05. The first kappa shape index (κ1) is 7.29. The van der Waals surface area contributed by atoms with Crippen LogP contribution in [0.15, 0.2) is 30.8 Å². The van der Waals surface area contributed by atoms with E-state index in [0.29, 0.717) is 0 Å². The van der Waals surface area contributed by atoms with Crippen molar-refractivity contribution in [2.75, 3.05) is 0 Å². The smallest absolute Gasteiger partial charge is 0.0773 e. The van der Waals surface area contributed by atoms with E-state index in [9.17, 15) is 0 Å². The maximum absolute atomic E-state index is 3.69. The predicted octanol–water partition coefficient (Wildman–Crippen LogP) is 1.71. The van der Waals surface area contributed by atoms with Gasteiger partial charge in [-0.2, -0.15) is 0 Å². The number of rotatable bonds is 2. The van der Waals surface area contributed by atoms with Crippen LogP contribution in [0.5, 0.6) is 0 Å². The summed E-state index contributed by atoms with van der Waals surface area (Å²) < 4.78 is 0. The van der Waals surface area contributed by atoms with Crippen molar-refractivity contribution in [1.29, 1.82) is 0 Å². The molecule has 0 aromatic heterocycles. The van der Waals surface area contributed by atoms with Crippen molar-refractivity contribution >= 4 is 20.8 Å². The lowest BCUT2D eigenvalue weighted by molar-refractivity contribution is 1.70. The summed E-state index contributed by atoms with van der Waals surface area (Å²) in [5.74, 6) is 0. The van der Waals surface area contributed by atoms with Crippen LogP contribution in [-0.4, -0.2) is 9.52 Å². The molecule has 0 aliphatic heterocycles. The molecular formula is C9H10Si. The molecule has 0 heterocycles. The highest BCUT2D eigenvalue weighted by molar-refractivity contribution is 6.51. The Kier molecular flexibility index (Phi) is 2.46. The molecule has 50 valence electrons. The third-order valence-corrected chi connectivity index (χ3v) is 2.35. The minimum atomic E-state index is 0.894. The van der Waals surface area contributed by atoms with E-state index in [1.807, 2.05) is 6.08 Å². The van der Waals surface area contributed by atoms with Crippen molar-refractivity contribution in [1.82, 2.24) is 0 Å². The Labute approximate surface area is 64.4 Å². The second-order valence-corrected chi connectivity index (χ2v) is 3.15. The van der Waals surface area contributed by atoms with Crippen LogP contribution in [0.1, 0.15) is 5.56 Å². The van der Waals surface area contributed by atoms with Gasteiger partial charge < -0.3 is 0 Å². The molecule has 0 nitrogen and oxygen atoms in total. The molecule has 10 heavy (non-hydrogen) atoms.